The van der Waals surface area contributed by atoms with Gasteiger partial charge in [-0.25, -0.2) is 0 Å². The Morgan fingerprint density at radius 3 is 3.00 bits per heavy atom. The fourth-order valence-corrected chi connectivity index (χ4v) is 2.75. The number of carbonyl (C=O) groups excluding carboxylic acids is 1. The number of carbonyl (C=O) groups is 1. The second-order valence-electron chi connectivity index (χ2n) is 4.88. The van der Waals surface area contributed by atoms with E-state index in [4.69, 9.17) is 24.8 Å². The van der Waals surface area contributed by atoms with Crippen molar-refractivity contribution in [3.05, 3.63) is 11.8 Å². The number of ether oxygens (including phenoxy) is 1. The summed E-state index contributed by atoms with van der Waals surface area (Å²) in [5.74, 6) is 0. The van der Waals surface area contributed by atoms with Crippen molar-refractivity contribution in [2.75, 3.05) is 6.61 Å². The SMILES string of the molecule is CC1=CN([C@H]2CC[C@@H](CO[PH](O)(O)S)O2)C(=O)NC1N. The van der Waals surface area contributed by atoms with Gasteiger partial charge in [0.25, 0.3) is 0 Å². The number of hydrogen-bond donors (Lipinski definition) is 5. The van der Waals surface area contributed by atoms with Gasteiger partial charge in [-0.2, -0.15) is 0 Å². The van der Waals surface area contributed by atoms with Crippen molar-refractivity contribution in [3.63, 3.8) is 0 Å². The Morgan fingerprint density at radius 2 is 2.35 bits per heavy atom. The van der Waals surface area contributed by atoms with E-state index in [0.717, 1.165) is 5.57 Å². The molecule has 5 N–H and O–H groups in total. The topological polar surface area (TPSA) is 117 Å². The number of nitrogens with two attached hydrogens (primary N) is 1. The average Bonchev–Trinajstić information content (AvgIpc) is 2.79. The summed E-state index contributed by atoms with van der Waals surface area (Å²) in [6.07, 6.45) is 1.80. The Hall–Kier alpha value is -0.410. The van der Waals surface area contributed by atoms with Crippen molar-refractivity contribution >= 4 is 25.4 Å². The standard InChI is InChI=1S/C10H20N3O5PS/c1-6-4-13(10(14)12-9(6)11)8-3-2-7(18-8)5-17-19(15,16)20/h4,7-9,15-16,19-20H,2-3,5,11H2,1H3,(H,12,14)/t7-,8+,9?/m0/s1. The molecular formula is C10H20N3O5PS. The molecule has 2 aliphatic rings. The predicted octanol–water partition coefficient (Wildman–Crippen LogP) is 0.0462. The van der Waals surface area contributed by atoms with Crippen LogP contribution in [0.3, 0.4) is 0 Å². The summed E-state index contributed by atoms with van der Waals surface area (Å²) in [6, 6.07) is -0.308. The van der Waals surface area contributed by atoms with Crippen molar-refractivity contribution in [1.29, 1.82) is 0 Å². The van der Waals surface area contributed by atoms with Gasteiger partial charge in [-0.05, 0) is 0 Å². The molecule has 0 bridgehead atoms. The molecule has 116 valence electrons. The summed E-state index contributed by atoms with van der Waals surface area (Å²) in [5.41, 5.74) is 6.54. The van der Waals surface area contributed by atoms with Gasteiger partial charge in [0.2, 0.25) is 0 Å². The summed E-state index contributed by atoms with van der Waals surface area (Å²) in [4.78, 5) is 31.5. The van der Waals surface area contributed by atoms with Crippen molar-refractivity contribution in [2.45, 2.75) is 38.3 Å². The molecule has 1 saturated heterocycles. The maximum atomic E-state index is 11.9. The van der Waals surface area contributed by atoms with Gasteiger partial charge in [-0.3, -0.25) is 0 Å². The van der Waals surface area contributed by atoms with Crippen LogP contribution in [0.15, 0.2) is 11.8 Å². The van der Waals surface area contributed by atoms with E-state index in [1.165, 1.54) is 4.90 Å². The maximum absolute atomic E-state index is 11.9. The first-order chi connectivity index (χ1) is 9.26. The van der Waals surface area contributed by atoms with E-state index in [9.17, 15) is 4.79 Å². The third-order valence-electron chi connectivity index (χ3n) is 3.21. The summed E-state index contributed by atoms with van der Waals surface area (Å²) in [5, 5.41) is 2.63. The molecule has 3 atom stereocenters. The van der Waals surface area contributed by atoms with Crippen LogP contribution in [-0.4, -0.2) is 45.8 Å². The quantitative estimate of drug-likeness (QED) is 0.368. The molecule has 8 nitrogen and oxygen atoms in total. The molecule has 2 heterocycles. The van der Waals surface area contributed by atoms with Gasteiger partial charge in [-0.15, -0.1) is 0 Å². The molecule has 0 aromatic carbocycles. The number of thiol groups is 1. The molecule has 2 rings (SSSR count). The Balaban J connectivity index is 1.91. The van der Waals surface area contributed by atoms with Crippen molar-refractivity contribution in [2.24, 2.45) is 5.73 Å². The number of rotatable bonds is 4. The van der Waals surface area contributed by atoms with Crippen LogP contribution in [-0.2, 0) is 9.26 Å². The predicted molar refractivity (Wildman–Crippen MR) is 77.7 cm³/mol. The van der Waals surface area contributed by atoms with Crippen molar-refractivity contribution < 1.29 is 23.8 Å². The summed E-state index contributed by atoms with van der Waals surface area (Å²) < 4.78 is 10.5. The summed E-state index contributed by atoms with van der Waals surface area (Å²) >= 11 is 3.56. The van der Waals surface area contributed by atoms with Crippen LogP contribution in [0, 0.1) is 0 Å². The Morgan fingerprint density at radius 1 is 1.65 bits per heavy atom. The van der Waals surface area contributed by atoms with E-state index >= 15 is 0 Å². The second-order valence-corrected chi connectivity index (χ2v) is 8.07. The average molecular weight is 325 g/mol. The molecule has 0 aromatic rings. The molecule has 0 saturated carbocycles. The van der Waals surface area contributed by atoms with Gasteiger partial charge in [-0.1, -0.05) is 0 Å². The zero-order valence-corrected chi connectivity index (χ0v) is 12.9. The molecule has 2 amide bonds. The minimum atomic E-state index is -3.83. The van der Waals surface area contributed by atoms with Crippen molar-refractivity contribution in [3.8, 4) is 0 Å². The fraction of sp³-hybridized carbons (Fsp3) is 0.700. The van der Waals surface area contributed by atoms with Crippen LogP contribution in [0.5, 0.6) is 0 Å². The van der Waals surface area contributed by atoms with Gasteiger partial charge in [0.1, 0.15) is 0 Å². The fourth-order valence-electron chi connectivity index (χ4n) is 2.11. The first kappa shape index (κ1) is 16.0. The van der Waals surface area contributed by atoms with Crippen LogP contribution in [0.25, 0.3) is 0 Å². The molecule has 0 aliphatic carbocycles. The Kier molecular flexibility index (Phi) is 4.91. The zero-order chi connectivity index (χ0) is 14.9. The van der Waals surface area contributed by atoms with Crippen LogP contribution < -0.4 is 11.1 Å². The van der Waals surface area contributed by atoms with E-state index in [2.05, 4.69) is 17.6 Å². The minimum absolute atomic E-state index is 0.0386. The number of nitrogens with zero attached hydrogens (tertiary/aromatic N) is 1. The van der Waals surface area contributed by atoms with Crippen molar-refractivity contribution in [1.82, 2.24) is 10.2 Å². The number of nitrogens with one attached hydrogen (secondary N) is 1. The molecule has 1 fully saturated rings. The van der Waals surface area contributed by atoms with Crippen LogP contribution >= 0.6 is 19.4 Å². The molecule has 0 radical (unpaired) electrons. The van der Waals surface area contributed by atoms with Gasteiger partial charge in [0, 0.05) is 0 Å². The first-order valence-corrected chi connectivity index (χ1v) is 9.34. The van der Waals surface area contributed by atoms with Gasteiger partial charge < -0.3 is 0 Å². The van der Waals surface area contributed by atoms with E-state index in [-0.39, 0.29) is 18.7 Å². The monoisotopic (exact) mass is 325 g/mol. The number of urea groups is 1. The Labute approximate surface area is 122 Å². The molecular weight excluding hydrogens is 305 g/mol. The molecule has 10 heteroatoms. The summed E-state index contributed by atoms with van der Waals surface area (Å²) in [6.45, 7) is 1.86. The number of hydrogen-bond acceptors (Lipinski definition) is 7. The summed E-state index contributed by atoms with van der Waals surface area (Å²) in [7, 11) is -3.83. The zero-order valence-electron chi connectivity index (χ0n) is 11.0. The third kappa shape index (κ3) is 4.05. The molecule has 20 heavy (non-hydrogen) atoms. The van der Waals surface area contributed by atoms with Gasteiger partial charge in [0.05, 0.1) is 0 Å². The molecule has 2 aliphatic heterocycles. The molecule has 1 unspecified atom stereocenters. The molecule has 0 aromatic heterocycles. The van der Waals surface area contributed by atoms with Gasteiger partial charge >= 0.3 is 122 Å². The van der Waals surface area contributed by atoms with Crippen LogP contribution in [0.4, 0.5) is 4.79 Å². The van der Waals surface area contributed by atoms with Gasteiger partial charge in [0.15, 0.2) is 0 Å². The van der Waals surface area contributed by atoms with Crippen LogP contribution in [0.2, 0.25) is 0 Å². The van der Waals surface area contributed by atoms with E-state index in [1.54, 1.807) is 6.20 Å². The second kappa shape index (κ2) is 6.15. The molecule has 0 spiro atoms. The van der Waals surface area contributed by atoms with E-state index in [0.29, 0.717) is 12.8 Å². The van der Waals surface area contributed by atoms with E-state index in [1.807, 2.05) is 6.92 Å². The Bertz CT molecular complexity index is 416. The van der Waals surface area contributed by atoms with E-state index < -0.39 is 19.5 Å². The number of amides is 2. The first-order valence-electron chi connectivity index (χ1n) is 6.25. The normalized spacial score (nSPS) is 32.0. The van der Waals surface area contributed by atoms with Crippen LogP contribution in [0.1, 0.15) is 19.8 Å². The third-order valence-corrected chi connectivity index (χ3v) is 4.15.